The van der Waals surface area contributed by atoms with Crippen molar-refractivity contribution in [3.63, 3.8) is 0 Å². The van der Waals surface area contributed by atoms with E-state index in [4.69, 9.17) is 11.6 Å². The zero-order valence-electron chi connectivity index (χ0n) is 16.6. The number of nitrogens with zero attached hydrogens (tertiary/aromatic N) is 4. The molecule has 0 saturated heterocycles. The van der Waals surface area contributed by atoms with Crippen LogP contribution in [0.2, 0.25) is 5.02 Å². The Hall–Kier alpha value is -3.15. The van der Waals surface area contributed by atoms with Gasteiger partial charge in [-0.05, 0) is 49.1 Å². The smallest absolute Gasteiger partial charge is 0.153 e. The van der Waals surface area contributed by atoms with Crippen molar-refractivity contribution < 1.29 is 4.79 Å². The molecular weight excluding hydrogens is 384 g/mol. The van der Waals surface area contributed by atoms with Crippen molar-refractivity contribution in [3.8, 4) is 12.1 Å². The van der Waals surface area contributed by atoms with Crippen LogP contribution in [0, 0.1) is 22.7 Å². The SMILES string of the molecule is CC(CC(=O)Cn1cnc2cccc(C#N)c21)c1ccc(C(C)(C)C#N)c(Cl)c1. The van der Waals surface area contributed by atoms with Crippen LogP contribution in [0.1, 0.15) is 49.8 Å². The number of carbonyl (C=O) groups excluding carboxylic acids is 1. The number of aromatic nitrogens is 2. The lowest BCUT2D eigenvalue weighted by Crippen LogP contribution is -2.15. The van der Waals surface area contributed by atoms with Crippen molar-refractivity contribution in [2.75, 3.05) is 0 Å². The van der Waals surface area contributed by atoms with Gasteiger partial charge in [0.05, 0.1) is 41.0 Å². The van der Waals surface area contributed by atoms with Gasteiger partial charge in [0.25, 0.3) is 0 Å². The van der Waals surface area contributed by atoms with Crippen LogP contribution in [-0.4, -0.2) is 15.3 Å². The van der Waals surface area contributed by atoms with Gasteiger partial charge < -0.3 is 4.57 Å². The lowest BCUT2D eigenvalue weighted by Gasteiger charge is -2.19. The molecule has 5 nitrogen and oxygen atoms in total. The first-order valence-electron chi connectivity index (χ1n) is 9.33. The Morgan fingerprint density at radius 3 is 2.69 bits per heavy atom. The average molecular weight is 405 g/mol. The van der Waals surface area contributed by atoms with E-state index in [0.29, 0.717) is 28.0 Å². The van der Waals surface area contributed by atoms with E-state index in [0.717, 1.165) is 11.1 Å². The lowest BCUT2D eigenvalue weighted by atomic mass is 9.84. The minimum atomic E-state index is -0.671. The number of para-hydroxylation sites is 1. The second kappa shape index (κ2) is 8.07. The predicted molar refractivity (Wildman–Crippen MR) is 113 cm³/mol. The summed E-state index contributed by atoms with van der Waals surface area (Å²) >= 11 is 6.41. The van der Waals surface area contributed by atoms with Gasteiger partial charge in [-0.25, -0.2) is 4.98 Å². The second-order valence-electron chi connectivity index (χ2n) is 7.78. The molecule has 3 aromatic rings. The van der Waals surface area contributed by atoms with Gasteiger partial charge >= 0.3 is 0 Å². The summed E-state index contributed by atoms with van der Waals surface area (Å²) in [4.78, 5) is 17.0. The van der Waals surface area contributed by atoms with E-state index in [1.807, 2.05) is 45.0 Å². The fourth-order valence-electron chi connectivity index (χ4n) is 3.46. The highest BCUT2D eigenvalue weighted by Crippen LogP contribution is 2.32. The van der Waals surface area contributed by atoms with Gasteiger partial charge in [-0.3, -0.25) is 4.79 Å². The average Bonchev–Trinajstić information content (AvgIpc) is 3.10. The molecule has 3 rings (SSSR count). The van der Waals surface area contributed by atoms with Crippen LogP contribution in [0.3, 0.4) is 0 Å². The number of hydrogen-bond donors (Lipinski definition) is 0. The topological polar surface area (TPSA) is 82.5 Å². The molecule has 0 saturated carbocycles. The van der Waals surface area contributed by atoms with Crippen LogP contribution in [0.5, 0.6) is 0 Å². The quantitative estimate of drug-likeness (QED) is 0.570. The Morgan fingerprint density at radius 1 is 1.28 bits per heavy atom. The van der Waals surface area contributed by atoms with Gasteiger partial charge in [0.1, 0.15) is 6.07 Å². The number of rotatable bonds is 6. The maximum Gasteiger partial charge on any atom is 0.153 e. The van der Waals surface area contributed by atoms with Gasteiger partial charge in [-0.15, -0.1) is 0 Å². The number of benzene rings is 2. The summed E-state index contributed by atoms with van der Waals surface area (Å²) in [6.07, 6.45) is 1.94. The number of Topliss-reactive ketones (excluding diaryl/α,β-unsaturated/α-hetero) is 1. The summed E-state index contributed by atoms with van der Waals surface area (Å²) in [6, 6.07) is 15.4. The highest BCUT2D eigenvalue weighted by molar-refractivity contribution is 6.31. The third-order valence-electron chi connectivity index (χ3n) is 5.15. The van der Waals surface area contributed by atoms with Crippen LogP contribution < -0.4 is 0 Å². The van der Waals surface area contributed by atoms with E-state index in [1.54, 1.807) is 23.0 Å². The van der Waals surface area contributed by atoms with Crippen molar-refractivity contribution in [2.24, 2.45) is 0 Å². The summed E-state index contributed by atoms with van der Waals surface area (Å²) in [7, 11) is 0. The molecule has 0 fully saturated rings. The Labute approximate surface area is 175 Å². The molecule has 0 amide bonds. The maximum atomic E-state index is 12.7. The first kappa shape index (κ1) is 20.6. The summed E-state index contributed by atoms with van der Waals surface area (Å²) in [6.45, 7) is 5.79. The van der Waals surface area contributed by atoms with Crippen molar-refractivity contribution in [1.29, 1.82) is 10.5 Å². The molecule has 0 aliphatic carbocycles. The zero-order valence-corrected chi connectivity index (χ0v) is 17.4. The molecule has 0 N–H and O–H groups in total. The number of nitriles is 2. The van der Waals surface area contributed by atoms with Gasteiger partial charge in [0, 0.05) is 11.4 Å². The van der Waals surface area contributed by atoms with E-state index < -0.39 is 5.41 Å². The largest absolute Gasteiger partial charge is 0.322 e. The van der Waals surface area contributed by atoms with Crippen LogP contribution in [0.25, 0.3) is 11.0 Å². The molecule has 0 radical (unpaired) electrons. The van der Waals surface area contributed by atoms with Crippen LogP contribution >= 0.6 is 11.6 Å². The standard InChI is InChI=1S/C23H21ClN4O/c1-15(16-7-8-19(20(24)10-16)23(2,3)13-26)9-18(29)12-28-14-27-21-6-4-5-17(11-25)22(21)28/h4-8,10,14-15H,9,12H2,1-3H3. The zero-order chi connectivity index (χ0) is 21.2. The molecule has 0 aliphatic rings. The number of halogens is 1. The van der Waals surface area contributed by atoms with Gasteiger partial charge in [-0.1, -0.05) is 36.7 Å². The second-order valence-corrected chi connectivity index (χ2v) is 8.18. The molecule has 0 bridgehead atoms. The molecular formula is C23H21ClN4O. The van der Waals surface area contributed by atoms with Gasteiger partial charge in [0.15, 0.2) is 5.78 Å². The number of ketones is 1. The maximum absolute atomic E-state index is 12.7. The van der Waals surface area contributed by atoms with E-state index in [9.17, 15) is 15.3 Å². The number of carbonyl (C=O) groups is 1. The summed E-state index contributed by atoms with van der Waals surface area (Å²) in [5.41, 5.74) is 2.94. The highest BCUT2D eigenvalue weighted by Gasteiger charge is 2.23. The molecule has 6 heteroatoms. The van der Waals surface area contributed by atoms with Crippen LogP contribution in [-0.2, 0) is 16.8 Å². The van der Waals surface area contributed by atoms with Crippen molar-refractivity contribution in [3.05, 3.63) is 64.4 Å². The van der Waals surface area contributed by atoms with E-state index in [1.165, 1.54) is 0 Å². The van der Waals surface area contributed by atoms with Crippen molar-refractivity contribution in [1.82, 2.24) is 9.55 Å². The third-order valence-corrected chi connectivity index (χ3v) is 5.47. The molecule has 29 heavy (non-hydrogen) atoms. The molecule has 0 spiro atoms. The molecule has 1 aromatic heterocycles. The fourth-order valence-corrected chi connectivity index (χ4v) is 3.88. The van der Waals surface area contributed by atoms with Gasteiger partial charge in [-0.2, -0.15) is 10.5 Å². The molecule has 1 heterocycles. The minimum absolute atomic E-state index is 0.0236. The molecule has 1 atom stereocenters. The summed E-state index contributed by atoms with van der Waals surface area (Å²) in [5.74, 6) is 0.0200. The van der Waals surface area contributed by atoms with Gasteiger partial charge in [0.2, 0.25) is 0 Å². The first-order valence-corrected chi connectivity index (χ1v) is 9.71. The molecule has 1 unspecified atom stereocenters. The van der Waals surface area contributed by atoms with E-state index >= 15 is 0 Å². The Bertz CT molecular complexity index is 1160. The molecule has 0 aliphatic heterocycles. The Morgan fingerprint density at radius 2 is 2.03 bits per heavy atom. The monoisotopic (exact) mass is 404 g/mol. The number of hydrogen-bond acceptors (Lipinski definition) is 4. The third kappa shape index (κ3) is 4.16. The number of imidazole rings is 1. The van der Waals surface area contributed by atoms with Crippen LogP contribution in [0.4, 0.5) is 0 Å². The number of fused-ring (bicyclic) bond motifs is 1. The Kier molecular flexibility index (Phi) is 5.73. The first-order chi connectivity index (χ1) is 13.8. The summed E-state index contributed by atoms with van der Waals surface area (Å²) < 4.78 is 1.73. The summed E-state index contributed by atoms with van der Waals surface area (Å²) in [5, 5.41) is 19.2. The molecule has 146 valence electrons. The van der Waals surface area contributed by atoms with E-state index in [2.05, 4.69) is 17.1 Å². The lowest BCUT2D eigenvalue weighted by molar-refractivity contribution is -0.119. The van der Waals surface area contributed by atoms with E-state index in [-0.39, 0.29) is 18.2 Å². The van der Waals surface area contributed by atoms with Crippen molar-refractivity contribution >= 4 is 28.4 Å². The Balaban J connectivity index is 1.76. The highest BCUT2D eigenvalue weighted by atomic mass is 35.5. The predicted octanol–water partition coefficient (Wildman–Crippen LogP) is 5.13. The fraction of sp³-hybridized carbons (Fsp3) is 0.304. The van der Waals surface area contributed by atoms with Crippen molar-refractivity contribution in [2.45, 2.75) is 45.1 Å². The van der Waals surface area contributed by atoms with Crippen LogP contribution in [0.15, 0.2) is 42.7 Å². The minimum Gasteiger partial charge on any atom is -0.322 e. The normalized spacial score (nSPS) is 12.3. The molecule has 2 aromatic carbocycles.